The molecule has 0 saturated heterocycles. The first-order valence-corrected chi connectivity index (χ1v) is 6.92. The maximum atomic E-state index is 9.42. The van der Waals surface area contributed by atoms with Crippen LogP contribution in [0.3, 0.4) is 0 Å². The molecule has 3 aromatic rings. The number of phenols is 1. The van der Waals surface area contributed by atoms with Crippen molar-refractivity contribution in [2.24, 2.45) is 0 Å². The van der Waals surface area contributed by atoms with E-state index in [4.69, 9.17) is 0 Å². The van der Waals surface area contributed by atoms with Crippen molar-refractivity contribution in [3.05, 3.63) is 84.2 Å². The number of aromatic nitrogens is 1. The Morgan fingerprint density at radius 1 is 0.955 bits per heavy atom. The predicted octanol–water partition coefficient (Wildman–Crippen LogP) is 4.25. The molecule has 0 aliphatic heterocycles. The normalized spacial score (nSPS) is 11.1. The molecule has 0 fully saturated rings. The molecular formula is C19H14N2O. The van der Waals surface area contributed by atoms with Gasteiger partial charge in [0.15, 0.2) is 0 Å². The van der Waals surface area contributed by atoms with E-state index >= 15 is 0 Å². The van der Waals surface area contributed by atoms with Crippen LogP contribution in [0.25, 0.3) is 17.3 Å². The quantitative estimate of drug-likeness (QED) is 0.732. The van der Waals surface area contributed by atoms with Crippen molar-refractivity contribution in [3.63, 3.8) is 0 Å². The SMILES string of the molecule is N#C/C(=C\c1cccn1-c1ccc(O)cc1)c1ccccc1. The summed E-state index contributed by atoms with van der Waals surface area (Å²) in [5.74, 6) is 0.231. The van der Waals surface area contributed by atoms with Crippen molar-refractivity contribution in [3.8, 4) is 17.5 Å². The highest BCUT2D eigenvalue weighted by atomic mass is 16.3. The van der Waals surface area contributed by atoms with Gasteiger partial charge in [-0.3, -0.25) is 0 Å². The van der Waals surface area contributed by atoms with Crippen LogP contribution in [0.1, 0.15) is 11.3 Å². The largest absolute Gasteiger partial charge is 0.508 e. The van der Waals surface area contributed by atoms with E-state index in [0.717, 1.165) is 16.9 Å². The van der Waals surface area contributed by atoms with E-state index in [9.17, 15) is 10.4 Å². The Kier molecular flexibility index (Phi) is 3.76. The Morgan fingerprint density at radius 2 is 1.68 bits per heavy atom. The third-order valence-electron chi connectivity index (χ3n) is 3.41. The van der Waals surface area contributed by atoms with Crippen LogP contribution in [-0.2, 0) is 0 Å². The number of nitrogens with zero attached hydrogens (tertiary/aromatic N) is 2. The van der Waals surface area contributed by atoms with Crippen LogP contribution in [0, 0.1) is 11.3 Å². The summed E-state index contributed by atoms with van der Waals surface area (Å²) in [6, 6.07) is 22.7. The fourth-order valence-electron chi connectivity index (χ4n) is 2.31. The molecule has 22 heavy (non-hydrogen) atoms. The van der Waals surface area contributed by atoms with Gasteiger partial charge in [0, 0.05) is 17.6 Å². The fraction of sp³-hybridized carbons (Fsp3) is 0. The highest BCUT2D eigenvalue weighted by molar-refractivity contribution is 5.89. The number of nitriles is 1. The van der Waals surface area contributed by atoms with Crippen LogP contribution >= 0.6 is 0 Å². The van der Waals surface area contributed by atoms with E-state index in [-0.39, 0.29) is 5.75 Å². The zero-order valence-corrected chi connectivity index (χ0v) is 11.8. The van der Waals surface area contributed by atoms with Crippen molar-refractivity contribution < 1.29 is 5.11 Å². The Hall–Kier alpha value is -3.25. The van der Waals surface area contributed by atoms with Crippen molar-refractivity contribution in [1.82, 2.24) is 4.57 Å². The molecule has 1 heterocycles. The smallest absolute Gasteiger partial charge is 0.115 e. The third-order valence-corrected chi connectivity index (χ3v) is 3.41. The van der Waals surface area contributed by atoms with Gasteiger partial charge in [0.1, 0.15) is 5.75 Å². The first-order valence-electron chi connectivity index (χ1n) is 6.92. The van der Waals surface area contributed by atoms with Gasteiger partial charge in [-0.15, -0.1) is 0 Å². The predicted molar refractivity (Wildman–Crippen MR) is 87.4 cm³/mol. The fourth-order valence-corrected chi connectivity index (χ4v) is 2.31. The van der Waals surface area contributed by atoms with Crippen molar-refractivity contribution in [2.75, 3.05) is 0 Å². The zero-order chi connectivity index (χ0) is 15.4. The molecule has 3 heteroatoms. The minimum absolute atomic E-state index is 0.231. The summed E-state index contributed by atoms with van der Waals surface area (Å²) in [6.07, 6.45) is 3.79. The molecular weight excluding hydrogens is 272 g/mol. The number of phenolic OH excluding ortho intramolecular Hbond substituents is 1. The van der Waals surface area contributed by atoms with Crippen LogP contribution in [0.5, 0.6) is 5.75 Å². The molecule has 0 spiro atoms. The van der Waals surface area contributed by atoms with Crippen molar-refractivity contribution >= 4 is 11.6 Å². The van der Waals surface area contributed by atoms with E-state index in [2.05, 4.69) is 6.07 Å². The summed E-state index contributed by atoms with van der Waals surface area (Å²) in [6.45, 7) is 0. The lowest BCUT2D eigenvalue weighted by molar-refractivity contribution is 0.475. The first kappa shape index (κ1) is 13.7. The number of allylic oxidation sites excluding steroid dienone is 1. The molecule has 0 unspecified atom stereocenters. The Morgan fingerprint density at radius 3 is 2.36 bits per heavy atom. The van der Waals surface area contributed by atoms with Gasteiger partial charge in [0.05, 0.1) is 11.6 Å². The van der Waals surface area contributed by atoms with Crippen LogP contribution < -0.4 is 0 Å². The van der Waals surface area contributed by atoms with Gasteiger partial charge in [-0.05, 0) is 48.0 Å². The number of benzene rings is 2. The summed E-state index contributed by atoms with van der Waals surface area (Å²) < 4.78 is 1.97. The lowest BCUT2D eigenvalue weighted by Crippen LogP contribution is -1.94. The van der Waals surface area contributed by atoms with Crippen LogP contribution in [0.4, 0.5) is 0 Å². The summed E-state index contributed by atoms with van der Waals surface area (Å²) >= 11 is 0. The van der Waals surface area contributed by atoms with Crippen molar-refractivity contribution in [1.29, 1.82) is 5.26 Å². The molecule has 0 atom stereocenters. The van der Waals surface area contributed by atoms with Crippen LogP contribution in [-0.4, -0.2) is 9.67 Å². The molecule has 0 bridgehead atoms. The standard InChI is InChI=1S/C19H14N2O/c20-14-16(15-5-2-1-3-6-15)13-18-7-4-12-21(18)17-8-10-19(22)11-9-17/h1-13,22H/b16-13+. The Balaban J connectivity index is 2.03. The highest BCUT2D eigenvalue weighted by Crippen LogP contribution is 2.21. The molecule has 0 radical (unpaired) electrons. The second-order valence-electron chi connectivity index (χ2n) is 4.86. The van der Waals surface area contributed by atoms with Gasteiger partial charge in [0.25, 0.3) is 0 Å². The molecule has 0 amide bonds. The molecule has 1 aromatic heterocycles. The molecule has 2 aromatic carbocycles. The van der Waals surface area contributed by atoms with Gasteiger partial charge in [-0.25, -0.2) is 0 Å². The number of hydrogen-bond acceptors (Lipinski definition) is 2. The molecule has 0 aliphatic carbocycles. The topological polar surface area (TPSA) is 49.0 Å². The average molecular weight is 286 g/mol. The molecule has 1 N–H and O–H groups in total. The second kappa shape index (κ2) is 6.02. The Labute approximate surface area is 129 Å². The van der Waals surface area contributed by atoms with E-state index < -0.39 is 0 Å². The van der Waals surface area contributed by atoms with Crippen molar-refractivity contribution in [2.45, 2.75) is 0 Å². The Bertz CT molecular complexity index is 837. The maximum absolute atomic E-state index is 9.42. The highest BCUT2D eigenvalue weighted by Gasteiger charge is 2.05. The van der Waals surface area contributed by atoms with Gasteiger partial charge < -0.3 is 9.67 Å². The molecule has 0 aliphatic rings. The average Bonchev–Trinajstić information content (AvgIpc) is 3.02. The van der Waals surface area contributed by atoms with Gasteiger partial charge in [-0.1, -0.05) is 30.3 Å². The molecule has 3 nitrogen and oxygen atoms in total. The summed E-state index contributed by atoms with van der Waals surface area (Å²) in [5, 5.41) is 18.8. The zero-order valence-electron chi connectivity index (χ0n) is 11.8. The van der Waals surface area contributed by atoms with E-state index in [1.165, 1.54) is 0 Å². The van der Waals surface area contributed by atoms with E-state index in [1.807, 2.05) is 71.4 Å². The monoisotopic (exact) mass is 286 g/mol. The number of hydrogen-bond donors (Lipinski definition) is 1. The minimum Gasteiger partial charge on any atom is -0.508 e. The van der Waals surface area contributed by atoms with E-state index in [1.54, 1.807) is 12.1 Å². The minimum atomic E-state index is 0.231. The summed E-state index contributed by atoms with van der Waals surface area (Å²) in [7, 11) is 0. The summed E-state index contributed by atoms with van der Waals surface area (Å²) in [5.41, 5.74) is 3.34. The van der Waals surface area contributed by atoms with Crippen LogP contribution in [0.15, 0.2) is 72.9 Å². The van der Waals surface area contributed by atoms with Gasteiger partial charge >= 0.3 is 0 Å². The van der Waals surface area contributed by atoms with Gasteiger partial charge in [-0.2, -0.15) is 5.26 Å². The van der Waals surface area contributed by atoms with E-state index in [0.29, 0.717) is 5.57 Å². The molecule has 3 rings (SSSR count). The third kappa shape index (κ3) is 2.77. The number of aromatic hydroxyl groups is 1. The summed E-state index contributed by atoms with van der Waals surface area (Å²) in [4.78, 5) is 0. The maximum Gasteiger partial charge on any atom is 0.115 e. The second-order valence-corrected chi connectivity index (χ2v) is 4.86. The van der Waals surface area contributed by atoms with Gasteiger partial charge in [0.2, 0.25) is 0 Å². The molecule has 0 saturated carbocycles. The van der Waals surface area contributed by atoms with Crippen LogP contribution in [0.2, 0.25) is 0 Å². The lowest BCUT2D eigenvalue weighted by atomic mass is 10.1. The lowest BCUT2D eigenvalue weighted by Gasteiger charge is -2.07. The first-order chi connectivity index (χ1) is 10.8. The number of rotatable bonds is 3. The molecule has 106 valence electrons.